The van der Waals surface area contributed by atoms with Crippen molar-refractivity contribution in [3.8, 4) is 11.3 Å². The molecule has 0 aliphatic heterocycles. The minimum atomic E-state index is -0.359. The highest BCUT2D eigenvalue weighted by Crippen LogP contribution is 2.23. The van der Waals surface area contributed by atoms with E-state index in [1.807, 2.05) is 35.0 Å². The number of carbonyl (C=O) groups is 1. The first kappa shape index (κ1) is 17.3. The molecular weight excluding hydrogens is 344 g/mol. The highest BCUT2D eigenvalue weighted by Gasteiger charge is 2.23. The molecule has 8 heteroatoms. The predicted molar refractivity (Wildman–Crippen MR) is 101 cm³/mol. The molecule has 1 aliphatic carbocycles. The Hall–Kier alpha value is -3.16. The van der Waals surface area contributed by atoms with E-state index in [4.69, 9.17) is 5.10 Å². The van der Waals surface area contributed by atoms with Gasteiger partial charge in [0.05, 0.1) is 19.0 Å². The average molecular weight is 366 g/mol. The standard InChI is InChI=1S/C19H22N6O2/c1-27-19(26)23-15-4-2-14(3-5-15)22-17-6-7-18-21-12-16(25(18)24-17)13-8-10-20-11-9-13/h6-12,14-15H,2-5H2,1H3,(H,22,24)(H,23,26). The summed E-state index contributed by atoms with van der Waals surface area (Å²) in [5, 5.41) is 11.1. The van der Waals surface area contributed by atoms with Crippen LogP contribution in [0.4, 0.5) is 10.6 Å². The molecule has 2 N–H and O–H groups in total. The number of imidazole rings is 1. The number of fused-ring (bicyclic) bond motifs is 1. The molecule has 0 spiro atoms. The fraction of sp³-hybridized carbons (Fsp3) is 0.368. The van der Waals surface area contributed by atoms with E-state index in [0.29, 0.717) is 6.04 Å². The first-order valence-corrected chi connectivity index (χ1v) is 9.09. The summed E-state index contributed by atoms with van der Waals surface area (Å²) < 4.78 is 6.52. The fourth-order valence-electron chi connectivity index (χ4n) is 3.49. The number of aromatic nitrogens is 4. The highest BCUT2D eigenvalue weighted by atomic mass is 16.5. The molecule has 0 atom stereocenters. The number of carbonyl (C=O) groups excluding carboxylic acids is 1. The monoisotopic (exact) mass is 366 g/mol. The van der Waals surface area contributed by atoms with E-state index in [2.05, 4.69) is 25.3 Å². The van der Waals surface area contributed by atoms with Crippen molar-refractivity contribution in [1.82, 2.24) is 24.9 Å². The summed E-state index contributed by atoms with van der Waals surface area (Å²) in [6.07, 6.45) is 8.76. The van der Waals surface area contributed by atoms with E-state index in [9.17, 15) is 4.79 Å². The molecule has 0 radical (unpaired) electrons. The Kier molecular flexibility index (Phi) is 4.86. The third-order valence-electron chi connectivity index (χ3n) is 4.92. The summed E-state index contributed by atoms with van der Waals surface area (Å²) in [4.78, 5) is 19.8. The topological polar surface area (TPSA) is 93.4 Å². The maximum atomic E-state index is 11.3. The van der Waals surface area contributed by atoms with Crippen molar-refractivity contribution in [2.45, 2.75) is 37.8 Å². The molecule has 0 bridgehead atoms. The van der Waals surface area contributed by atoms with Crippen LogP contribution in [0.5, 0.6) is 0 Å². The quantitative estimate of drug-likeness (QED) is 0.737. The summed E-state index contributed by atoms with van der Waals surface area (Å²) >= 11 is 0. The van der Waals surface area contributed by atoms with Crippen molar-refractivity contribution in [3.05, 3.63) is 42.9 Å². The minimum Gasteiger partial charge on any atom is -0.453 e. The number of hydrogen-bond donors (Lipinski definition) is 2. The second-order valence-corrected chi connectivity index (χ2v) is 6.70. The summed E-state index contributed by atoms with van der Waals surface area (Å²) in [7, 11) is 1.39. The Balaban J connectivity index is 1.45. The van der Waals surface area contributed by atoms with Crippen molar-refractivity contribution < 1.29 is 9.53 Å². The Morgan fingerprint density at radius 1 is 1.11 bits per heavy atom. The van der Waals surface area contributed by atoms with E-state index in [1.54, 1.807) is 12.4 Å². The van der Waals surface area contributed by atoms with Crippen LogP contribution in [0.15, 0.2) is 42.9 Å². The van der Waals surface area contributed by atoms with Gasteiger partial charge in [-0.3, -0.25) is 4.98 Å². The van der Waals surface area contributed by atoms with Gasteiger partial charge in [-0.15, -0.1) is 5.10 Å². The summed E-state index contributed by atoms with van der Waals surface area (Å²) in [5.41, 5.74) is 2.76. The van der Waals surface area contributed by atoms with Crippen LogP contribution in [-0.2, 0) is 4.74 Å². The molecule has 140 valence electrons. The number of methoxy groups -OCH3 is 1. The van der Waals surface area contributed by atoms with Gasteiger partial charge in [-0.1, -0.05) is 0 Å². The van der Waals surface area contributed by atoms with Crippen LogP contribution in [0.1, 0.15) is 25.7 Å². The van der Waals surface area contributed by atoms with Crippen molar-refractivity contribution in [2.75, 3.05) is 12.4 Å². The van der Waals surface area contributed by atoms with Crippen LogP contribution >= 0.6 is 0 Å². The van der Waals surface area contributed by atoms with Gasteiger partial charge in [-0.25, -0.2) is 14.3 Å². The SMILES string of the molecule is COC(=O)NC1CCC(Nc2ccc3ncc(-c4ccncc4)n3n2)CC1. The zero-order valence-electron chi connectivity index (χ0n) is 15.1. The Bertz CT molecular complexity index is 918. The highest BCUT2D eigenvalue weighted by molar-refractivity contribution is 5.67. The van der Waals surface area contributed by atoms with E-state index in [-0.39, 0.29) is 12.1 Å². The zero-order chi connectivity index (χ0) is 18.6. The van der Waals surface area contributed by atoms with Gasteiger partial charge in [0.15, 0.2) is 5.65 Å². The largest absolute Gasteiger partial charge is 0.453 e. The van der Waals surface area contributed by atoms with Crippen LogP contribution < -0.4 is 10.6 Å². The molecule has 1 fully saturated rings. The molecular formula is C19H22N6O2. The van der Waals surface area contributed by atoms with Gasteiger partial charge in [0.2, 0.25) is 0 Å². The third-order valence-corrected chi connectivity index (χ3v) is 4.92. The smallest absolute Gasteiger partial charge is 0.407 e. The second kappa shape index (κ2) is 7.61. The molecule has 0 aromatic carbocycles. The molecule has 3 aromatic rings. The third kappa shape index (κ3) is 3.84. The number of nitrogens with one attached hydrogen (secondary N) is 2. The lowest BCUT2D eigenvalue weighted by atomic mass is 9.91. The van der Waals surface area contributed by atoms with Crippen molar-refractivity contribution in [3.63, 3.8) is 0 Å². The average Bonchev–Trinajstić information content (AvgIpc) is 3.13. The van der Waals surface area contributed by atoms with Gasteiger partial charge in [-0.05, 0) is 49.9 Å². The molecule has 1 amide bonds. The fourth-order valence-corrected chi connectivity index (χ4v) is 3.49. The van der Waals surface area contributed by atoms with Gasteiger partial charge >= 0.3 is 6.09 Å². The summed E-state index contributed by atoms with van der Waals surface area (Å²) in [6, 6.07) is 8.32. The maximum Gasteiger partial charge on any atom is 0.407 e. The molecule has 0 unspecified atom stereocenters. The van der Waals surface area contributed by atoms with Gasteiger partial charge in [0.25, 0.3) is 0 Å². The van der Waals surface area contributed by atoms with Gasteiger partial charge in [0.1, 0.15) is 5.82 Å². The number of rotatable bonds is 4. The van der Waals surface area contributed by atoms with E-state index in [1.165, 1.54) is 7.11 Å². The van der Waals surface area contributed by atoms with Crippen LogP contribution in [-0.4, -0.2) is 44.9 Å². The first-order chi connectivity index (χ1) is 13.2. The molecule has 4 rings (SSSR count). The molecule has 27 heavy (non-hydrogen) atoms. The number of anilines is 1. The number of hydrogen-bond acceptors (Lipinski definition) is 6. The molecule has 8 nitrogen and oxygen atoms in total. The van der Waals surface area contributed by atoms with Gasteiger partial charge < -0.3 is 15.4 Å². The minimum absolute atomic E-state index is 0.179. The molecule has 1 aliphatic rings. The number of ether oxygens (including phenoxy) is 1. The summed E-state index contributed by atoms with van der Waals surface area (Å²) in [6.45, 7) is 0. The van der Waals surface area contributed by atoms with Crippen molar-refractivity contribution >= 4 is 17.6 Å². The number of nitrogens with zero attached hydrogens (tertiary/aromatic N) is 4. The predicted octanol–water partition coefficient (Wildman–Crippen LogP) is 2.87. The first-order valence-electron chi connectivity index (χ1n) is 9.09. The van der Waals surface area contributed by atoms with E-state index < -0.39 is 0 Å². The lowest BCUT2D eigenvalue weighted by Crippen LogP contribution is -2.40. The normalized spacial score (nSPS) is 19.6. The van der Waals surface area contributed by atoms with E-state index >= 15 is 0 Å². The summed E-state index contributed by atoms with van der Waals surface area (Å²) in [5.74, 6) is 0.820. The van der Waals surface area contributed by atoms with Crippen LogP contribution in [0.25, 0.3) is 16.9 Å². The molecule has 3 heterocycles. The van der Waals surface area contributed by atoms with Crippen LogP contribution in [0.2, 0.25) is 0 Å². The number of amides is 1. The van der Waals surface area contributed by atoms with Gasteiger partial charge in [0, 0.05) is 30.0 Å². The molecule has 0 saturated heterocycles. The Labute approximate surface area is 157 Å². The van der Waals surface area contributed by atoms with Crippen molar-refractivity contribution in [2.24, 2.45) is 0 Å². The Morgan fingerprint density at radius 3 is 2.59 bits per heavy atom. The number of alkyl carbamates (subject to hydrolysis) is 1. The van der Waals surface area contributed by atoms with Crippen LogP contribution in [0.3, 0.4) is 0 Å². The van der Waals surface area contributed by atoms with Crippen molar-refractivity contribution in [1.29, 1.82) is 0 Å². The number of pyridine rings is 1. The maximum absolute atomic E-state index is 11.3. The second-order valence-electron chi connectivity index (χ2n) is 6.70. The van der Waals surface area contributed by atoms with E-state index in [0.717, 1.165) is 48.4 Å². The lowest BCUT2D eigenvalue weighted by Gasteiger charge is -2.29. The van der Waals surface area contributed by atoms with Gasteiger partial charge in [-0.2, -0.15) is 0 Å². The zero-order valence-corrected chi connectivity index (χ0v) is 15.1. The molecule has 3 aromatic heterocycles. The molecule has 1 saturated carbocycles. The van der Waals surface area contributed by atoms with Crippen LogP contribution in [0, 0.1) is 0 Å². The lowest BCUT2D eigenvalue weighted by molar-refractivity contribution is 0.162. The Morgan fingerprint density at radius 2 is 1.85 bits per heavy atom.